The molecule has 1 unspecified atom stereocenters. The summed E-state index contributed by atoms with van der Waals surface area (Å²) in [5, 5.41) is 2.96. The van der Waals surface area contributed by atoms with E-state index in [2.05, 4.69) is 10.2 Å². The summed E-state index contributed by atoms with van der Waals surface area (Å²) in [5.41, 5.74) is 7.69. The highest BCUT2D eigenvalue weighted by Gasteiger charge is 2.23. The highest BCUT2D eigenvalue weighted by molar-refractivity contribution is 5.73. The summed E-state index contributed by atoms with van der Waals surface area (Å²) in [6.07, 6.45) is 1.07. The zero-order valence-electron chi connectivity index (χ0n) is 12.3. The Bertz CT molecular complexity index is 488. The first-order valence-corrected chi connectivity index (χ1v) is 7.03. The van der Waals surface area contributed by atoms with Gasteiger partial charge >= 0.3 is 0 Å². The van der Waals surface area contributed by atoms with Crippen LogP contribution in [0.25, 0.3) is 0 Å². The van der Waals surface area contributed by atoms with E-state index in [1.54, 1.807) is 6.92 Å². The van der Waals surface area contributed by atoms with E-state index in [9.17, 15) is 4.79 Å². The summed E-state index contributed by atoms with van der Waals surface area (Å²) in [6.45, 7) is 7.26. The van der Waals surface area contributed by atoms with Crippen LogP contribution in [-0.2, 0) is 4.79 Å². The third-order valence-corrected chi connectivity index (χ3v) is 3.25. The summed E-state index contributed by atoms with van der Waals surface area (Å²) in [5.74, 6) is 0.811. The van der Waals surface area contributed by atoms with E-state index >= 15 is 0 Å². The maximum Gasteiger partial charge on any atom is 0.217 e. The topological polar surface area (TPSA) is 67.6 Å². The predicted octanol–water partition coefficient (Wildman–Crippen LogP) is 1.77. The molecule has 0 saturated carbocycles. The number of amides is 1. The lowest BCUT2D eigenvalue weighted by molar-refractivity contribution is -0.119. The lowest BCUT2D eigenvalue weighted by Crippen LogP contribution is -2.35. The Hall–Kier alpha value is -1.91. The number of hydrogen-bond donors (Lipinski definition) is 2. The van der Waals surface area contributed by atoms with E-state index in [4.69, 9.17) is 10.5 Å². The molecule has 5 heteroatoms. The van der Waals surface area contributed by atoms with Crippen molar-refractivity contribution >= 4 is 17.3 Å². The van der Waals surface area contributed by atoms with Gasteiger partial charge in [0.1, 0.15) is 5.75 Å². The van der Waals surface area contributed by atoms with Gasteiger partial charge in [-0.2, -0.15) is 0 Å². The average Bonchev–Trinajstić information content (AvgIpc) is 2.74. The van der Waals surface area contributed by atoms with Gasteiger partial charge in [-0.25, -0.2) is 0 Å². The quantitative estimate of drug-likeness (QED) is 0.823. The van der Waals surface area contributed by atoms with Crippen molar-refractivity contribution in [3.63, 3.8) is 0 Å². The van der Waals surface area contributed by atoms with Gasteiger partial charge in [0.2, 0.25) is 5.91 Å². The van der Waals surface area contributed by atoms with Crippen molar-refractivity contribution in [3.05, 3.63) is 18.2 Å². The van der Waals surface area contributed by atoms with Gasteiger partial charge in [0, 0.05) is 49.6 Å². The van der Waals surface area contributed by atoms with Crippen molar-refractivity contribution in [3.8, 4) is 5.75 Å². The van der Waals surface area contributed by atoms with Crippen LogP contribution >= 0.6 is 0 Å². The lowest BCUT2D eigenvalue weighted by Gasteiger charge is -2.21. The predicted molar refractivity (Wildman–Crippen MR) is 81.1 cm³/mol. The van der Waals surface area contributed by atoms with E-state index in [0.29, 0.717) is 5.69 Å². The largest absolute Gasteiger partial charge is 0.491 e. The van der Waals surface area contributed by atoms with Crippen molar-refractivity contribution < 1.29 is 9.53 Å². The maximum atomic E-state index is 11.1. The fourth-order valence-electron chi connectivity index (χ4n) is 2.53. The molecule has 110 valence electrons. The number of hydrogen-bond acceptors (Lipinski definition) is 4. The summed E-state index contributed by atoms with van der Waals surface area (Å²) >= 11 is 0. The molecule has 1 aliphatic rings. The van der Waals surface area contributed by atoms with Crippen molar-refractivity contribution in [2.75, 3.05) is 23.7 Å². The SMILES string of the molecule is CC(=O)NC1CCN(c2cc(N)cc(OC(C)C)c2)C1. The van der Waals surface area contributed by atoms with Gasteiger partial charge in [0.25, 0.3) is 0 Å². The molecule has 1 aromatic carbocycles. The summed E-state index contributed by atoms with van der Waals surface area (Å²) in [7, 11) is 0. The Balaban J connectivity index is 2.09. The molecule has 0 aromatic heterocycles. The fourth-order valence-corrected chi connectivity index (χ4v) is 2.53. The number of benzene rings is 1. The minimum absolute atomic E-state index is 0.0215. The first kappa shape index (κ1) is 14.5. The second kappa shape index (κ2) is 6.03. The first-order chi connectivity index (χ1) is 9.44. The van der Waals surface area contributed by atoms with Gasteiger partial charge in [0.15, 0.2) is 0 Å². The van der Waals surface area contributed by atoms with E-state index in [1.165, 1.54) is 0 Å². The van der Waals surface area contributed by atoms with E-state index < -0.39 is 0 Å². The molecular weight excluding hydrogens is 254 g/mol. The monoisotopic (exact) mass is 277 g/mol. The second-order valence-corrected chi connectivity index (χ2v) is 5.56. The van der Waals surface area contributed by atoms with Crippen LogP contribution in [0.4, 0.5) is 11.4 Å². The van der Waals surface area contributed by atoms with Crippen molar-refractivity contribution in [1.82, 2.24) is 5.32 Å². The van der Waals surface area contributed by atoms with Crippen LogP contribution in [0.5, 0.6) is 5.75 Å². The van der Waals surface area contributed by atoms with Crippen molar-refractivity contribution in [2.24, 2.45) is 0 Å². The molecule has 0 spiro atoms. The molecule has 1 saturated heterocycles. The minimum atomic E-state index is 0.0215. The van der Waals surface area contributed by atoms with E-state index in [1.807, 2.05) is 32.0 Å². The van der Waals surface area contributed by atoms with Crippen LogP contribution in [0.2, 0.25) is 0 Å². The Morgan fingerprint density at radius 3 is 2.85 bits per heavy atom. The number of anilines is 2. The molecule has 1 atom stereocenters. The smallest absolute Gasteiger partial charge is 0.217 e. The third-order valence-electron chi connectivity index (χ3n) is 3.25. The van der Waals surface area contributed by atoms with Gasteiger partial charge in [-0.05, 0) is 26.3 Å². The molecule has 1 heterocycles. The number of nitrogens with zero attached hydrogens (tertiary/aromatic N) is 1. The Morgan fingerprint density at radius 2 is 2.20 bits per heavy atom. The van der Waals surface area contributed by atoms with Crippen LogP contribution < -0.4 is 20.7 Å². The molecule has 1 aromatic rings. The molecular formula is C15H23N3O2. The molecule has 5 nitrogen and oxygen atoms in total. The number of ether oxygens (including phenoxy) is 1. The molecule has 1 aliphatic heterocycles. The number of nitrogens with one attached hydrogen (secondary N) is 1. The minimum Gasteiger partial charge on any atom is -0.491 e. The zero-order valence-corrected chi connectivity index (χ0v) is 12.3. The second-order valence-electron chi connectivity index (χ2n) is 5.56. The van der Waals surface area contributed by atoms with Crippen molar-refractivity contribution in [1.29, 1.82) is 0 Å². The number of carbonyl (C=O) groups excluding carboxylic acids is 1. The zero-order chi connectivity index (χ0) is 14.7. The van der Waals surface area contributed by atoms with Gasteiger partial charge in [0.05, 0.1) is 6.10 Å². The Labute approximate surface area is 120 Å². The normalized spacial score (nSPS) is 18.4. The van der Waals surface area contributed by atoms with Crippen LogP contribution in [-0.4, -0.2) is 31.1 Å². The molecule has 0 bridgehead atoms. The van der Waals surface area contributed by atoms with E-state index in [-0.39, 0.29) is 18.1 Å². The van der Waals surface area contributed by atoms with Crippen LogP contribution in [0.15, 0.2) is 18.2 Å². The first-order valence-electron chi connectivity index (χ1n) is 7.03. The number of nitrogens with two attached hydrogens (primary N) is 1. The maximum absolute atomic E-state index is 11.1. The van der Waals surface area contributed by atoms with Crippen LogP contribution in [0.3, 0.4) is 0 Å². The number of rotatable bonds is 4. The fraction of sp³-hybridized carbons (Fsp3) is 0.533. The number of carbonyl (C=O) groups is 1. The van der Waals surface area contributed by atoms with Gasteiger partial charge < -0.3 is 20.7 Å². The van der Waals surface area contributed by atoms with Crippen LogP contribution in [0, 0.1) is 0 Å². The molecule has 20 heavy (non-hydrogen) atoms. The van der Waals surface area contributed by atoms with Crippen molar-refractivity contribution in [2.45, 2.75) is 39.3 Å². The Kier molecular flexibility index (Phi) is 4.37. The number of nitrogen functional groups attached to an aromatic ring is 1. The highest BCUT2D eigenvalue weighted by atomic mass is 16.5. The van der Waals surface area contributed by atoms with Gasteiger partial charge in [-0.1, -0.05) is 0 Å². The molecule has 1 amide bonds. The molecule has 0 aliphatic carbocycles. The summed E-state index contributed by atoms with van der Waals surface area (Å²) in [6, 6.07) is 6.00. The average molecular weight is 277 g/mol. The van der Waals surface area contributed by atoms with Gasteiger partial charge in [-0.15, -0.1) is 0 Å². The highest BCUT2D eigenvalue weighted by Crippen LogP contribution is 2.28. The van der Waals surface area contributed by atoms with E-state index in [0.717, 1.165) is 30.9 Å². The molecule has 0 radical (unpaired) electrons. The Morgan fingerprint density at radius 1 is 1.45 bits per heavy atom. The molecule has 3 N–H and O–H groups in total. The van der Waals surface area contributed by atoms with Crippen LogP contribution in [0.1, 0.15) is 27.2 Å². The van der Waals surface area contributed by atoms with Gasteiger partial charge in [-0.3, -0.25) is 4.79 Å². The summed E-state index contributed by atoms with van der Waals surface area (Å²) in [4.78, 5) is 13.3. The third kappa shape index (κ3) is 3.79. The lowest BCUT2D eigenvalue weighted by atomic mass is 10.2. The standard InChI is InChI=1S/C15H23N3O2/c1-10(2)20-15-7-12(16)6-14(8-15)18-5-4-13(9-18)17-11(3)19/h6-8,10,13H,4-5,9,16H2,1-3H3,(H,17,19). The molecule has 2 rings (SSSR count). The summed E-state index contributed by atoms with van der Waals surface area (Å²) < 4.78 is 5.71. The molecule has 1 fully saturated rings.